The Balaban J connectivity index is 2.49. The van der Waals surface area contributed by atoms with Crippen molar-refractivity contribution in [1.29, 1.82) is 0 Å². The van der Waals surface area contributed by atoms with Gasteiger partial charge in [0, 0.05) is 18.9 Å². The zero-order valence-corrected chi connectivity index (χ0v) is 6.82. The van der Waals surface area contributed by atoms with Crippen LogP contribution in [0.2, 0.25) is 0 Å². The Morgan fingerprint density at radius 3 is 3.00 bits per heavy atom. The lowest BCUT2D eigenvalue weighted by Gasteiger charge is -2.13. The predicted octanol–water partition coefficient (Wildman–Crippen LogP) is 0.340. The first-order valence-electron chi connectivity index (χ1n) is 3.98. The number of aliphatic carboxylic acids is 1. The SMILES string of the molecule is NCC(CC(=O)O)C1=CCCO1. The third-order valence-corrected chi connectivity index (χ3v) is 1.84. The van der Waals surface area contributed by atoms with Crippen LogP contribution in [0.25, 0.3) is 0 Å². The molecule has 1 heterocycles. The fourth-order valence-electron chi connectivity index (χ4n) is 1.23. The van der Waals surface area contributed by atoms with E-state index in [4.69, 9.17) is 15.6 Å². The highest BCUT2D eigenvalue weighted by molar-refractivity contribution is 5.67. The smallest absolute Gasteiger partial charge is 0.304 e. The summed E-state index contributed by atoms with van der Waals surface area (Å²) in [6.07, 6.45) is 2.84. The van der Waals surface area contributed by atoms with Crippen molar-refractivity contribution < 1.29 is 14.6 Å². The van der Waals surface area contributed by atoms with Crippen molar-refractivity contribution >= 4 is 5.97 Å². The molecule has 1 unspecified atom stereocenters. The Bertz CT molecular complexity index is 200. The molecular weight excluding hydrogens is 158 g/mol. The number of hydrogen-bond acceptors (Lipinski definition) is 3. The predicted molar refractivity (Wildman–Crippen MR) is 43.4 cm³/mol. The highest BCUT2D eigenvalue weighted by atomic mass is 16.5. The first-order valence-corrected chi connectivity index (χ1v) is 3.98. The number of carbonyl (C=O) groups is 1. The Kier molecular flexibility index (Phi) is 3.10. The van der Waals surface area contributed by atoms with Gasteiger partial charge in [-0.3, -0.25) is 4.79 Å². The van der Waals surface area contributed by atoms with E-state index in [2.05, 4.69) is 0 Å². The summed E-state index contributed by atoms with van der Waals surface area (Å²) in [6, 6.07) is 0. The Hall–Kier alpha value is -1.03. The molecule has 0 aromatic heterocycles. The molecule has 1 rings (SSSR count). The molecule has 0 saturated carbocycles. The van der Waals surface area contributed by atoms with E-state index in [1.807, 2.05) is 6.08 Å². The molecule has 4 nitrogen and oxygen atoms in total. The maximum absolute atomic E-state index is 10.4. The van der Waals surface area contributed by atoms with Crippen LogP contribution in [0.4, 0.5) is 0 Å². The van der Waals surface area contributed by atoms with Crippen LogP contribution in [0.15, 0.2) is 11.8 Å². The fourth-order valence-corrected chi connectivity index (χ4v) is 1.23. The summed E-state index contributed by atoms with van der Waals surface area (Å²) < 4.78 is 5.22. The number of ether oxygens (including phenoxy) is 1. The van der Waals surface area contributed by atoms with Gasteiger partial charge in [-0.2, -0.15) is 0 Å². The molecule has 12 heavy (non-hydrogen) atoms. The van der Waals surface area contributed by atoms with E-state index in [0.29, 0.717) is 13.2 Å². The third-order valence-electron chi connectivity index (χ3n) is 1.84. The van der Waals surface area contributed by atoms with Crippen LogP contribution < -0.4 is 5.73 Å². The maximum Gasteiger partial charge on any atom is 0.304 e. The highest BCUT2D eigenvalue weighted by Crippen LogP contribution is 2.20. The van der Waals surface area contributed by atoms with Gasteiger partial charge in [0.25, 0.3) is 0 Å². The molecule has 0 spiro atoms. The molecule has 0 saturated heterocycles. The second-order valence-corrected chi connectivity index (χ2v) is 2.77. The summed E-state index contributed by atoms with van der Waals surface area (Å²) in [5.74, 6) is -0.230. The van der Waals surface area contributed by atoms with E-state index < -0.39 is 5.97 Å². The van der Waals surface area contributed by atoms with Gasteiger partial charge in [-0.25, -0.2) is 0 Å². The standard InChI is InChI=1S/C8H13NO3/c9-5-6(4-8(10)11)7-2-1-3-12-7/h2,6H,1,3-5,9H2,(H,10,11). The van der Waals surface area contributed by atoms with E-state index >= 15 is 0 Å². The minimum Gasteiger partial charge on any atom is -0.498 e. The molecule has 0 fully saturated rings. The van der Waals surface area contributed by atoms with Gasteiger partial charge in [0.1, 0.15) is 0 Å². The first kappa shape index (κ1) is 9.06. The molecule has 0 bridgehead atoms. The Morgan fingerprint density at radius 2 is 2.58 bits per heavy atom. The van der Waals surface area contributed by atoms with Crippen molar-refractivity contribution in [3.8, 4) is 0 Å². The molecule has 1 aliphatic heterocycles. The Morgan fingerprint density at radius 1 is 1.83 bits per heavy atom. The summed E-state index contributed by atoms with van der Waals surface area (Å²) in [5, 5.41) is 8.54. The number of nitrogens with two attached hydrogens (primary N) is 1. The topological polar surface area (TPSA) is 72.6 Å². The molecule has 68 valence electrons. The van der Waals surface area contributed by atoms with Crippen molar-refractivity contribution in [1.82, 2.24) is 0 Å². The van der Waals surface area contributed by atoms with Gasteiger partial charge in [0.15, 0.2) is 0 Å². The minimum absolute atomic E-state index is 0.0579. The van der Waals surface area contributed by atoms with E-state index in [1.54, 1.807) is 0 Å². The van der Waals surface area contributed by atoms with Gasteiger partial charge < -0.3 is 15.6 Å². The van der Waals surface area contributed by atoms with Gasteiger partial charge >= 0.3 is 5.97 Å². The van der Waals surface area contributed by atoms with Gasteiger partial charge in [-0.1, -0.05) is 0 Å². The average Bonchev–Trinajstić information content (AvgIpc) is 2.51. The van der Waals surface area contributed by atoms with Crippen LogP contribution in [-0.2, 0) is 9.53 Å². The van der Waals surface area contributed by atoms with Crippen LogP contribution >= 0.6 is 0 Å². The van der Waals surface area contributed by atoms with Crippen LogP contribution in [0.5, 0.6) is 0 Å². The molecule has 0 amide bonds. The van der Waals surface area contributed by atoms with Crippen LogP contribution in [0, 0.1) is 5.92 Å². The summed E-state index contributed by atoms with van der Waals surface area (Å²) >= 11 is 0. The highest BCUT2D eigenvalue weighted by Gasteiger charge is 2.19. The molecule has 1 atom stereocenters. The number of hydrogen-bond donors (Lipinski definition) is 2. The first-order chi connectivity index (χ1) is 5.74. The monoisotopic (exact) mass is 171 g/mol. The van der Waals surface area contributed by atoms with Gasteiger partial charge in [0.2, 0.25) is 0 Å². The lowest BCUT2D eigenvalue weighted by atomic mass is 10.0. The second kappa shape index (κ2) is 4.11. The van der Waals surface area contributed by atoms with E-state index in [9.17, 15) is 4.79 Å². The van der Waals surface area contributed by atoms with Gasteiger partial charge in [0.05, 0.1) is 18.8 Å². The van der Waals surface area contributed by atoms with E-state index in [-0.39, 0.29) is 12.3 Å². The maximum atomic E-state index is 10.4. The van der Waals surface area contributed by atoms with Crippen LogP contribution in [0.3, 0.4) is 0 Å². The second-order valence-electron chi connectivity index (χ2n) is 2.77. The molecule has 0 aromatic carbocycles. The van der Waals surface area contributed by atoms with E-state index in [0.717, 1.165) is 12.2 Å². The summed E-state index contributed by atoms with van der Waals surface area (Å²) in [7, 11) is 0. The lowest BCUT2D eigenvalue weighted by molar-refractivity contribution is -0.138. The molecule has 4 heteroatoms. The summed E-state index contributed by atoms with van der Waals surface area (Å²) in [5.41, 5.74) is 5.42. The summed E-state index contributed by atoms with van der Waals surface area (Å²) in [4.78, 5) is 10.4. The molecule has 3 N–H and O–H groups in total. The van der Waals surface area contributed by atoms with Crippen molar-refractivity contribution in [2.24, 2.45) is 11.7 Å². The van der Waals surface area contributed by atoms with Crippen LogP contribution in [0.1, 0.15) is 12.8 Å². The number of carboxylic acids is 1. The number of rotatable bonds is 4. The van der Waals surface area contributed by atoms with Crippen molar-refractivity contribution in [2.75, 3.05) is 13.2 Å². The van der Waals surface area contributed by atoms with Gasteiger partial charge in [-0.15, -0.1) is 0 Å². The molecule has 0 aliphatic carbocycles. The zero-order valence-electron chi connectivity index (χ0n) is 6.82. The van der Waals surface area contributed by atoms with Gasteiger partial charge in [-0.05, 0) is 6.08 Å². The summed E-state index contributed by atoms with van der Waals surface area (Å²) in [6.45, 7) is 0.990. The molecule has 0 radical (unpaired) electrons. The van der Waals surface area contributed by atoms with Crippen molar-refractivity contribution in [3.63, 3.8) is 0 Å². The zero-order chi connectivity index (χ0) is 8.97. The Labute approximate surface area is 71.0 Å². The van der Waals surface area contributed by atoms with Crippen molar-refractivity contribution in [2.45, 2.75) is 12.8 Å². The fraction of sp³-hybridized carbons (Fsp3) is 0.625. The lowest BCUT2D eigenvalue weighted by Crippen LogP contribution is -2.20. The molecule has 0 aromatic rings. The van der Waals surface area contributed by atoms with E-state index in [1.165, 1.54) is 0 Å². The number of carboxylic acid groups (broad SMARTS) is 1. The molecule has 1 aliphatic rings. The normalized spacial score (nSPS) is 18.2. The molecular formula is C8H13NO3. The van der Waals surface area contributed by atoms with Crippen LogP contribution in [-0.4, -0.2) is 24.2 Å². The van der Waals surface area contributed by atoms with Crippen molar-refractivity contribution in [3.05, 3.63) is 11.8 Å². The third kappa shape index (κ3) is 2.23. The average molecular weight is 171 g/mol. The largest absolute Gasteiger partial charge is 0.498 e. The quantitative estimate of drug-likeness (QED) is 0.639. The minimum atomic E-state index is -0.832.